The first kappa shape index (κ1) is 15.2. The van der Waals surface area contributed by atoms with Gasteiger partial charge in [0.05, 0.1) is 0 Å². The number of carboxylic acids is 2. The number of benzene rings is 1. The lowest BCUT2D eigenvalue weighted by Gasteiger charge is -2.04. The Labute approximate surface area is 115 Å². The van der Waals surface area contributed by atoms with Crippen molar-refractivity contribution in [2.45, 2.75) is 13.8 Å². The zero-order valence-electron chi connectivity index (χ0n) is 11.0. The maximum atomic E-state index is 9.10. The molecule has 2 aromatic rings. The Hall–Kier alpha value is -2.83. The fourth-order valence-electron chi connectivity index (χ4n) is 1.64. The second kappa shape index (κ2) is 6.37. The summed E-state index contributed by atoms with van der Waals surface area (Å²) >= 11 is 0. The van der Waals surface area contributed by atoms with Gasteiger partial charge in [0.1, 0.15) is 0 Å². The molecule has 7 nitrogen and oxygen atoms in total. The summed E-state index contributed by atoms with van der Waals surface area (Å²) in [6.45, 7) is 4.05. The quantitative estimate of drug-likeness (QED) is 0.583. The molecule has 0 bridgehead atoms. The van der Waals surface area contributed by atoms with Gasteiger partial charge in [-0.2, -0.15) is 5.10 Å². The number of aliphatic carboxylic acids is 2. The van der Waals surface area contributed by atoms with Crippen LogP contribution in [-0.4, -0.2) is 32.3 Å². The number of hydrogen-bond donors (Lipinski definition) is 4. The smallest absolute Gasteiger partial charge is 0.414 e. The van der Waals surface area contributed by atoms with E-state index in [1.165, 1.54) is 5.56 Å². The Bertz CT molecular complexity index is 603. The van der Waals surface area contributed by atoms with E-state index < -0.39 is 11.9 Å². The maximum absolute atomic E-state index is 9.10. The zero-order chi connectivity index (χ0) is 15.3. The summed E-state index contributed by atoms with van der Waals surface area (Å²) in [6.07, 6.45) is 0. The number of nitrogens with one attached hydrogen (secondary N) is 1. The van der Waals surface area contributed by atoms with E-state index in [1.54, 1.807) is 0 Å². The number of carbonyl (C=O) groups is 2. The second-order valence-electron chi connectivity index (χ2n) is 4.03. The van der Waals surface area contributed by atoms with Crippen molar-refractivity contribution in [3.05, 3.63) is 35.5 Å². The van der Waals surface area contributed by atoms with Gasteiger partial charge >= 0.3 is 11.9 Å². The number of aromatic amines is 1. The second-order valence-corrected chi connectivity index (χ2v) is 4.03. The van der Waals surface area contributed by atoms with E-state index in [-0.39, 0.29) is 0 Å². The number of nitrogens with zero attached hydrogens (tertiary/aromatic N) is 1. The number of nitrogens with two attached hydrogens (primary N) is 1. The van der Waals surface area contributed by atoms with Crippen molar-refractivity contribution in [3.63, 3.8) is 0 Å². The molecule has 0 amide bonds. The molecular weight excluding hydrogens is 262 g/mol. The van der Waals surface area contributed by atoms with Crippen LogP contribution in [-0.2, 0) is 9.59 Å². The topological polar surface area (TPSA) is 129 Å². The highest BCUT2D eigenvalue weighted by molar-refractivity contribution is 6.27. The molecule has 1 aromatic carbocycles. The highest BCUT2D eigenvalue weighted by atomic mass is 16.4. The van der Waals surface area contributed by atoms with Gasteiger partial charge in [-0.15, -0.1) is 0 Å². The number of aromatic nitrogens is 2. The first-order valence-corrected chi connectivity index (χ1v) is 5.67. The first-order valence-electron chi connectivity index (χ1n) is 5.67. The van der Waals surface area contributed by atoms with Gasteiger partial charge in [0.2, 0.25) is 0 Å². The molecule has 0 spiro atoms. The monoisotopic (exact) mass is 277 g/mol. The van der Waals surface area contributed by atoms with Crippen LogP contribution in [0.4, 0.5) is 5.82 Å². The van der Waals surface area contributed by atoms with E-state index in [0.29, 0.717) is 5.82 Å². The summed E-state index contributed by atoms with van der Waals surface area (Å²) in [5.74, 6) is -3.08. The summed E-state index contributed by atoms with van der Waals surface area (Å²) in [4.78, 5) is 18.2. The van der Waals surface area contributed by atoms with Crippen LogP contribution in [0.2, 0.25) is 0 Å². The van der Waals surface area contributed by atoms with Crippen LogP contribution >= 0.6 is 0 Å². The van der Waals surface area contributed by atoms with Crippen molar-refractivity contribution in [3.8, 4) is 11.1 Å². The minimum atomic E-state index is -1.82. The summed E-state index contributed by atoms with van der Waals surface area (Å²) in [5.41, 5.74) is 10.2. The van der Waals surface area contributed by atoms with Gasteiger partial charge in [-0.05, 0) is 25.0 Å². The average molecular weight is 277 g/mol. The van der Waals surface area contributed by atoms with Gasteiger partial charge in [0.15, 0.2) is 5.82 Å². The predicted octanol–water partition coefficient (Wildman–Crippen LogP) is 1.43. The van der Waals surface area contributed by atoms with Gasteiger partial charge in [0.25, 0.3) is 0 Å². The normalized spacial score (nSPS) is 9.50. The summed E-state index contributed by atoms with van der Waals surface area (Å²) < 4.78 is 0. The number of anilines is 1. The van der Waals surface area contributed by atoms with E-state index in [4.69, 9.17) is 25.5 Å². The van der Waals surface area contributed by atoms with E-state index in [9.17, 15) is 0 Å². The highest BCUT2D eigenvalue weighted by Gasteiger charge is 2.10. The average Bonchev–Trinajstić information content (AvgIpc) is 2.71. The molecule has 7 heteroatoms. The number of rotatable bonds is 1. The number of carboxylic acid groups (broad SMARTS) is 2. The molecule has 2 rings (SSSR count). The molecule has 0 aliphatic carbocycles. The molecule has 106 valence electrons. The Morgan fingerprint density at radius 1 is 1.15 bits per heavy atom. The molecular formula is C13H15N3O4. The third kappa shape index (κ3) is 3.58. The minimum Gasteiger partial charge on any atom is -0.473 e. The Balaban J connectivity index is 0.000000286. The van der Waals surface area contributed by atoms with Crippen LogP contribution in [0.15, 0.2) is 24.3 Å². The molecule has 0 unspecified atom stereocenters. The lowest BCUT2D eigenvalue weighted by atomic mass is 10.0. The SMILES string of the molecule is Cc1ccccc1-c1c(N)n[nH]c1C.O=C(O)C(=O)O. The fourth-order valence-corrected chi connectivity index (χ4v) is 1.64. The van der Waals surface area contributed by atoms with E-state index in [0.717, 1.165) is 16.8 Å². The molecule has 0 radical (unpaired) electrons. The molecule has 0 saturated carbocycles. The van der Waals surface area contributed by atoms with Crippen LogP contribution in [0.5, 0.6) is 0 Å². The van der Waals surface area contributed by atoms with Crippen LogP contribution < -0.4 is 5.73 Å². The third-order valence-electron chi connectivity index (χ3n) is 2.57. The molecule has 0 aliphatic heterocycles. The van der Waals surface area contributed by atoms with Crippen molar-refractivity contribution < 1.29 is 19.8 Å². The van der Waals surface area contributed by atoms with Crippen LogP contribution in [0.25, 0.3) is 11.1 Å². The van der Waals surface area contributed by atoms with Gasteiger partial charge in [-0.3, -0.25) is 5.10 Å². The Morgan fingerprint density at radius 3 is 2.10 bits per heavy atom. The summed E-state index contributed by atoms with van der Waals surface area (Å²) in [6, 6.07) is 8.16. The summed E-state index contributed by atoms with van der Waals surface area (Å²) in [5, 5.41) is 21.7. The van der Waals surface area contributed by atoms with Crippen LogP contribution in [0, 0.1) is 13.8 Å². The largest absolute Gasteiger partial charge is 0.473 e. The van der Waals surface area contributed by atoms with Gasteiger partial charge in [-0.1, -0.05) is 24.3 Å². The Morgan fingerprint density at radius 2 is 1.70 bits per heavy atom. The van der Waals surface area contributed by atoms with Crippen molar-refractivity contribution in [2.75, 3.05) is 5.73 Å². The maximum Gasteiger partial charge on any atom is 0.414 e. The molecule has 0 fully saturated rings. The summed E-state index contributed by atoms with van der Waals surface area (Å²) in [7, 11) is 0. The van der Waals surface area contributed by atoms with Crippen molar-refractivity contribution in [1.29, 1.82) is 0 Å². The lowest BCUT2D eigenvalue weighted by molar-refractivity contribution is -0.159. The van der Waals surface area contributed by atoms with Crippen molar-refractivity contribution in [2.24, 2.45) is 0 Å². The number of hydrogen-bond acceptors (Lipinski definition) is 4. The predicted molar refractivity (Wildman–Crippen MR) is 73.2 cm³/mol. The van der Waals surface area contributed by atoms with Crippen molar-refractivity contribution in [1.82, 2.24) is 10.2 Å². The molecule has 0 saturated heterocycles. The van der Waals surface area contributed by atoms with Crippen molar-refractivity contribution >= 4 is 17.8 Å². The third-order valence-corrected chi connectivity index (χ3v) is 2.57. The van der Waals surface area contributed by atoms with Gasteiger partial charge in [0, 0.05) is 11.3 Å². The molecule has 20 heavy (non-hydrogen) atoms. The first-order chi connectivity index (χ1) is 9.34. The van der Waals surface area contributed by atoms with Crippen LogP contribution in [0.3, 0.4) is 0 Å². The minimum absolute atomic E-state index is 0.566. The lowest BCUT2D eigenvalue weighted by Crippen LogP contribution is -2.09. The van der Waals surface area contributed by atoms with Gasteiger partial charge < -0.3 is 15.9 Å². The van der Waals surface area contributed by atoms with E-state index in [2.05, 4.69) is 29.3 Å². The number of aryl methyl sites for hydroxylation is 2. The molecule has 0 atom stereocenters. The van der Waals surface area contributed by atoms with E-state index >= 15 is 0 Å². The van der Waals surface area contributed by atoms with E-state index in [1.807, 2.05) is 19.1 Å². The highest BCUT2D eigenvalue weighted by Crippen LogP contribution is 2.29. The molecule has 1 heterocycles. The number of H-pyrrole nitrogens is 1. The molecule has 5 N–H and O–H groups in total. The van der Waals surface area contributed by atoms with Crippen LogP contribution in [0.1, 0.15) is 11.3 Å². The standard InChI is InChI=1S/C11H13N3.C2H2O4/c1-7-5-3-4-6-9(7)10-8(2)13-14-11(10)12;3-1(4)2(5)6/h3-6H,1-2H3,(H3,12,13,14);(H,3,4)(H,5,6). The fraction of sp³-hybridized carbons (Fsp3) is 0.154. The molecule has 1 aromatic heterocycles. The zero-order valence-corrected chi connectivity index (χ0v) is 11.0. The molecule has 0 aliphatic rings. The van der Waals surface area contributed by atoms with Gasteiger partial charge in [-0.25, -0.2) is 9.59 Å². The Kier molecular flexibility index (Phi) is 4.85. The number of nitrogen functional groups attached to an aromatic ring is 1.